The number of anilines is 1. The van der Waals surface area contributed by atoms with Crippen LogP contribution in [-0.2, 0) is 4.74 Å². The molecule has 170 valence electrons. The Hall–Kier alpha value is -2.37. The van der Waals surface area contributed by atoms with Crippen LogP contribution in [-0.4, -0.2) is 27.2 Å². The molecule has 8 heteroatoms. The average molecular weight is 523 g/mol. The number of carbonyl (C=O) groups is 1. The highest BCUT2D eigenvalue weighted by Gasteiger charge is 2.37. The maximum atomic E-state index is 12.7. The highest BCUT2D eigenvalue weighted by Crippen LogP contribution is 2.49. The van der Waals surface area contributed by atoms with E-state index in [0.717, 1.165) is 28.1 Å². The minimum atomic E-state index is -0.794. The van der Waals surface area contributed by atoms with E-state index >= 15 is 0 Å². The van der Waals surface area contributed by atoms with Crippen molar-refractivity contribution in [3.63, 3.8) is 0 Å². The van der Waals surface area contributed by atoms with E-state index in [-0.39, 0.29) is 25.7 Å². The van der Waals surface area contributed by atoms with Crippen LogP contribution in [0.15, 0.2) is 54.6 Å². The smallest absolute Gasteiger partial charge is 0.341 e. The molecule has 0 saturated heterocycles. The Labute approximate surface area is 212 Å². The first kappa shape index (κ1) is 23.8. The van der Waals surface area contributed by atoms with E-state index in [0.29, 0.717) is 5.56 Å². The second-order valence-electron chi connectivity index (χ2n) is 7.62. The van der Waals surface area contributed by atoms with Gasteiger partial charge in [0.05, 0.1) is 32.8 Å². The van der Waals surface area contributed by atoms with Crippen LogP contribution in [0.3, 0.4) is 0 Å². The highest BCUT2D eigenvalue weighted by molar-refractivity contribution is 6.53. The molecule has 0 N–H and O–H groups in total. The third-order valence-electron chi connectivity index (χ3n) is 5.44. The summed E-state index contributed by atoms with van der Waals surface area (Å²) in [6, 6.07) is 15.7. The van der Waals surface area contributed by atoms with Crippen molar-refractivity contribution in [1.82, 2.24) is 0 Å². The quantitative estimate of drug-likeness (QED) is 0.195. The topological polar surface area (TPSA) is 38.8 Å². The molecule has 0 spiro atoms. The van der Waals surface area contributed by atoms with E-state index in [1.54, 1.807) is 7.11 Å². The third-order valence-corrected chi connectivity index (χ3v) is 7.26. The average Bonchev–Trinajstić information content (AvgIpc) is 3.15. The second-order valence-corrected chi connectivity index (χ2v) is 9.13. The van der Waals surface area contributed by atoms with Gasteiger partial charge in [-0.25, -0.2) is 4.79 Å². The summed E-state index contributed by atoms with van der Waals surface area (Å²) < 4.78 is 10.9. The zero-order valence-electron chi connectivity index (χ0n) is 18.0. The van der Waals surface area contributed by atoms with Crippen LogP contribution in [0.4, 0.5) is 5.69 Å². The van der Waals surface area contributed by atoms with Crippen LogP contribution >= 0.6 is 46.4 Å². The minimum absolute atomic E-state index is 0.0262. The lowest BCUT2D eigenvalue weighted by atomic mass is 9.94. The van der Waals surface area contributed by atoms with Crippen molar-refractivity contribution in [3.05, 3.63) is 97.0 Å². The lowest BCUT2D eigenvalue weighted by molar-refractivity contribution is 0.0468. The van der Waals surface area contributed by atoms with Gasteiger partial charge in [-0.3, -0.25) is 0 Å². The van der Waals surface area contributed by atoms with Gasteiger partial charge in [0, 0.05) is 25.3 Å². The van der Waals surface area contributed by atoms with Crippen LogP contribution in [0.2, 0.25) is 20.1 Å². The van der Waals surface area contributed by atoms with E-state index in [1.807, 2.05) is 73.6 Å². The molecule has 1 atom stereocenters. The largest absolute Gasteiger partial charge is 0.497 e. The van der Waals surface area contributed by atoms with E-state index in [9.17, 15) is 4.79 Å². The van der Waals surface area contributed by atoms with Gasteiger partial charge >= 0.3 is 5.97 Å². The number of nitrogens with zero attached hydrogens (tertiary/aromatic N) is 1. The van der Waals surface area contributed by atoms with Crippen molar-refractivity contribution < 1.29 is 14.3 Å². The first-order valence-corrected chi connectivity index (χ1v) is 11.4. The molecule has 0 saturated carbocycles. The third kappa shape index (κ3) is 4.41. The van der Waals surface area contributed by atoms with E-state index in [2.05, 4.69) is 0 Å². The van der Waals surface area contributed by atoms with Crippen molar-refractivity contribution in [2.45, 2.75) is 6.10 Å². The van der Waals surface area contributed by atoms with Crippen molar-refractivity contribution >= 4 is 63.6 Å². The number of hydrogen-bond acceptors (Lipinski definition) is 4. The number of rotatable bonds is 5. The molecule has 0 aromatic heterocycles. The maximum Gasteiger partial charge on any atom is 0.341 e. The van der Waals surface area contributed by atoms with E-state index in [4.69, 9.17) is 55.9 Å². The summed E-state index contributed by atoms with van der Waals surface area (Å²) in [6.07, 6.45) is 1.04. The van der Waals surface area contributed by atoms with Gasteiger partial charge in [-0.05, 0) is 47.0 Å². The van der Waals surface area contributed by atoms with Crippen LogP contribution in [0.5, 0.6) is 5.75 Å². The fourth-order valence-electron chi connectivity index (χ4n) is 3.69. The van der Waals surface area contributed by atoms with Crippen molar-refractivity contribution in [2.24, 2.45) is 0 Å². The molecule has 1 heterocycles. The Morgan fingerprint density at radius 2 is 1.42 bits per heavy atom. The normalized spacial score (nSPS) is 15.3. The minimum Gasteiger partial charge on any atom is -0.497 e. The molecule has 0 amide bonds. The van der Waals surface area contributed by atoms with E-state index in [1.165, 1.54) is 0 Å². The van der Waals surface area contributed by atoms with Gasteiger partial charge in [-0.2, -0.15) is 0 Å². The van der Waals surface area contributed by atoms with Crippen LogP contribution in [0.25, 0.3) is 5.57 Å². The molecule has 4 rings (SSSR count). The maximum absolute atomic E-state index is 12.7. The Kier molecular flexibility index (Phi) is 6.83. The summed E-state index contributed by atoms with van der Waals surface area (Å²) in [6.45, 7) is 0. The van der Waals surface area contributed by atoms with Crippen LogP contribution in [0, 0.1) is 0 Å². The number of fused-ring (bicyclic) bond motifs is 1. The number of ether oxygens (including phenoxy) is 2. The van der Waals surface area contributed by atoms with Gasteiger partial charge in [-0.15, -0.1) is 0 Å². The zero-order chi connectivity index (χ0) is 23.9. The lowest BCUT2D eigenvalue weighted by Crippen LogP contribution is -2.08. The number of hydrogen-bond donors (Lipinski definition) is 0. The molecule has 3 aromatic carbocycles. The van der Waals surface area contributed by atoms with Gasteiger partial charge in [0.1, 0.15) is 11.9 Å². The molecular formula is C25H19Cl4NO3. The first-order chi connectivity index (χ1) is 15.7. The summed E-state index contributed by atoms with van der Waals surface area (Å²) in [5.74, 6) is 0.128. The Morgan fingerprint density at radius 1 is 0.879 bits per heavy atom. The molecule has 33 heavy (non-hydrogen) atoms. The molecule has 4 nitrogen and oxygen atoms in total. The van der Waals surface area contributed by atoms with Crippen LogP contribution in [0.1, 0.15) is 33.2 Å². The molecular weight excluding hydrogens is 504 g/mol. The van der Waals surface area contributed by atoms with Crippen molar-refractivity contribution in [2.75, 3.05) is 26.1 Å². The van der Waals surface area contributed by atoms with Gasteiger partial charge in [0.25, 0.3) is 0 Å². The highest BCUT2D eigenvalue weighted by atomic mass is 35.5. The summed E-state index contributed by atoms with van der Waals surface area (Å²) in [5.41, 5.74) is 4.26. The van der Waals surface area contributed by atoms with Crippen molar-refractivity contribution in [1.29, 1.82) is 0 Å². The summed E-state index contributed by atoms with van der Waals surface area (Å²) in [5, 5.41) is 0.284. The van der Waals surface area contributed by atoms with Gasteiger partial charge in [-0.1, -0.05) is 70.7 Å². The molecule has 1 aliphatic heterocycles. The number of esters is 1. The first-order valence-electron chi connectivity index (χ1n) is 9.93. The van der Waals surface area contributed by atoms with E-state index < -0.39 is 12.1 Å². The van der Waals surface area contributed by atoms with Crippen molar-refractivity contribution in [3.8, 4) is 5.75 Å². The van der Waals surface area contributed by atoms with Gasteiger partial charge < -0.3 is 14.4 Å². The number of methoxy groups -OCH3 is 1. The fraction of sp³-hybridized carbons (Fsp3) is 0.160. The summed E-state index contributed by atoms with van der Waals surface area (Å²) >= 11 is 25.2. The summed E-state index contributed by atoms with van der Waals surface area (Å²) in [4.78, 5) is 14.7. The number of benzene rings is 3. The molecule has 3 aromatic rings. The predicted molar refractivity (Wildman–Crippen MR) is 135 cm³/mol. The summed E-state index contributed by atoms with van der Waals surface area (Å²) in [7, 11) is 5.57. The number of carbonyl (C=O) groups excluding carboxylic acids is 1. The molecule has 1 aliphatic rings. The Balaban J connectivity index is 1.89. The molecule has 0 fully saturated rings. The lowest BCUT2D eigenvalue weighted by Gasteiger charge is -2.16. The zero-order valence-corrected chi connectivity index (χ0v) is 21.0. The van der Waals surface area contributed by atoms with Gasteiger partial charge in [0.2, 0.25) is 0 Å². The number of halogens is 4. The molecule has 0 bridgehead atoms. The Morgan fingerprint density at radius 3 is 1.97 bits per heavy atom. The Bertz CT molecular complexity index is 1250. The second kappa shape index (κ2) is 9.47. The van der Waals surface area contributed by atoms with Crippen LogP contribution < -0.4 is 9.64 Å². The number of cyclic esters (lactones) is 1. The molecule has 1 unspecified atom stereocenters. The molecule has 0 radical (unpaired) electrons. The SMILES string of the molecule is COc1ccc(C(=CC2OC(=O)c3c(Cl)c(Cl)c(Cl)c(Cl)c32)c2ccc(N(C)C)cc2)cc1. The monoisotopic (exact) mass is 521 g/mol. The predicted octanol–water partition coefficient (Wildman–Crippen LogP) is 7.72. The molecule has 0 aliphatic carbocycles. The fourth-order valence-corrected chi connectivity index (χ4v) is 4.74. The standard InChI is InChI=1S/C25H19Cl4NO3/c1-30(2)15-8-4-13(5-9-15)17(14-6-10-16(32-3)11-7-14)12-18-19-20(25(31)33-18)22(27)24(29)23(28)21(19)26/h4-12,18H,1-3H3. The van der Waals surface area contributed by atoms with Gasteiger partial charge in [0.15, 0.2) is 0 Å².